The van der Waals surface area contributed by atoms with Gasteiger partial charge in [-0.15, -0.1) is 0 Å². The molecular formula is C50H45ClN6O7S3. The third kappa shape index (κ3) is 10.6. The second kappa shape index (κ2) is 19.6. The summed E-state index contributed by atoms with van der Waals surface area (Å²) in [5.41, 5.74) is 16.4. The van der Waals surface area contributed by atoms with Gasteiger partial charge in [-0.2, -0.15) is 8.42 Å². The van der Waals surface area contributed by atoms with Gasteiger partial charge in [0.25, 0.3) is 30.2 Å². The number of sulfonamides is 2. The molecule has 0 aliphatic rings. The fraction of sp³-hybridized carbons (Fsp3) is 0.0800. The fourth-order valence-corrected chi connectivity index (χ4v) is 10.9. The van der Waals surface area contributed by atoms with E-state index in [1.54, 1.807) is 60.7 Å². The monoisotopic (exact) mass is 972 g/mol. The Morgan fingerprint density at radius 2 is 1.00 bits per heavy atom. The SMILES string of the molecule is NCCc1c[nH]c2ccc(NS(=O)(=O)c3ccc4ccccc4c3)cc12.NCCc1c[nH]c2ccc(NS(=O)(=O)c3cccc4ccccc34)cc12.O=S(=O)(O)c1ccc2c(Cl)cccc2c1. The van der Waals surface area contributed by atoms with E-state index in [-0.39, 0.29) is 14.7 Å². The van der Waals surface area contributed by atoms with Crippen LogP contribution in [0.15, 0.2) is 185 Å². The van der Waals surface area contributed by atoms with E-state index in [4.69, 9.17) is 27.6 Å². The number of aromatic amines is 2. The molecule has 2 aromatic heterocycles. The Morgan fingerprint density at radius 1 is 0.478 bits per heavy atom. The molecule has 8 aromatic carbocycles. The van der Waals surface area contributed by atoms with Crippen molar-refractivity contribution < 1.29 is 29.8 Å². The van der Waals surface area contributed by atoms with Crippen LogP contribution in [-0.2, 0) is 43.0 Å². The van der Waals surface area contributed by atoms with Gasteiger partial charge >= 0.3 is 0 Å². The van der Waals surface area contributed by atoms with Crippen LogP contribution in [0.2, 0.25) is 5.02 Å². The van der Waals surface area contributed by atoms with E-state index in [0.717, 1.165) is 67.3 Å². The standard InChI is InChI=1S/2C20H19N3O2S.C10H7ClO3S/c21-11-10-15-13-22-19-9-8-16(12-18(15)19)23-26(24,25)20-7-3-5-14-4-1-2-6-17(14)20;21-10-9-16-13-22-20-8-6-17(12-19(16)20)23-26(24,25)18-7-5-14-3-1-2-4-15(14)11-18;11-10-3-1-2-7-6-8(15(12,13)14)4-5-9(7)10/h1-9,12-13,22-23H,10-11,21H2;1-8,11-13,22-23H,9-10,21H2;1-6H,(H,12,13,14). The lowest BCUT2D eigenvalue weighted by atomic mass is 10.1. The van der Waals surface area contributed by atoms with Gasteiger partial charge in [-0.1, -0.05) is 96.5 Å². The molecule has 0 atom stereocenters. The Hall–Kier alpha value is -6.76. The number of hydrogen-bond acceptors (Lipinski definition) is 8. The molecule has 67 heavy (non-hydrogen) atoms. The molecule has 0 amide bonds. The van der Waals surface area contributed by atoms with E-state index < -0.39 is 30.2 Å². The van der Waals surface area contributed by atoms with Crippen LogP contribution >= 0.6 is 11.6 Å². The van der Waals surface area contributed by atoms with Crippen molar-refractivity contribution in [2.24, 2.45) is 11.5 Å². The normalized spacial score (nSPS) is 11.9. The first kappa shape index (κ1) is 46.8. The van der Waals surface area contributed by atoms with Gasteiger partial charge in [-0.3, -0.25) is 14.0 Å². The number of anilines is 2. The fourth-order valence-electron chi connectivity index (χ4n) is 7.78. The lowest BCUT2D eigenvalue weighted by Gasteiger charge is -2.11. The van der Waals surface area contributed by atoms with Gasteiger partial charge in [-0.25, -0.2) is 16.8 Å². The van der Waals surface area contributed by atoms with Crippen LogP contribution in [0.3, 0.4) is 0 Å². The van der Waals surface area contributed by atoms with Crippen LogP contribution in [0, 0.1) is 0 Å². The zero-order valence-corrected chi connectivity index (χ0v) is 38.9. The lowest BCUT2D eigenvalue weighted by molar-refractivity contribution is 0.483. The molecule has 10 rings (SSSR count). The number of nitrogens with one attached hydrogen (secondary N) is 4. The van der Waals surface area contributed by atoms with Crippen molar-refractivity contribution in [3.63, 3.8) is 0 Å². The van der Waals surface area contributed by atoms with Gasteiger partial charge in [0.05, 0.1) is 14.7 Å². The summed E-state index contributed by atoms with van der Waals surface area (Å²) >= 11 is 5.91. The zero-order chi connectivity index (χ0) is 47.3. The molecule has 0 saturated carbocycles. The maximum atomic E-state index is 13.0. The number of H-pyrrole nitrogens is 2. The number of benzene rings is 8. The van der Waals surface area contributed by atoms with Crippen molar-refractivity contribution in [2.45, 2.75) is 27.5 Å². The molecule has 0 unspecified atom stereocenters. The topological polar surface area (TPSA) is 230 Å². The van der Waals surface area contributed by atoms with Gasteiger partial charge in [0.1, 0.15) is 0 Å². The summed E-state index contributed by atoms with van der Waals surface area (Å²) in [4.78, 5) is 6.75. The zero-order valence-electron chi connectivity index (χ0n) is 35.6. The van der Waals surface area contributed by atoms with E-state index in [1.807, 2.05) is 97.3 Å². The maximum Gasteiger partial charge on any atom is 0.294 e. The highest BCUT2D eigenvalue weighted by atomic mass is 35.5. The second-order valence-electron chi connectivity index (χ2n) is 15.5. The van der Waals surface area contributed by atoms with E-state index in [2.05, 4.69) is 19.4 Å². The predicted octanol–water partition coefficient (Wildman–Crippen LogP) is 9.99. The van der Waals surface area contributed by atoms with Gasteiger partial charge in [-0.05, 0) is 131 Å². The van der Waals surface area contributed by atoms with E-state index in [0.29, 0.717) is 40.3 Å². The smallest absolute Gasteiger partial charge is 0.294 e. The van der Waals surface area contributed by atoms with E-state index in [1.165, 1.54) is 12.1 Å². The van der Waals surface area contributed by atoms with Crippen molar-refractivity contribution in [3.05, 3.63) is 186 Å². The molecule has 0 fully saturated rings. The summed E-state index contributed by atoms with van der Waals surface area (Å²) < 4.78 is 87.5. The Bertz CT molecular complexity index is 3770. The predicted molar refractivity (Wildman–Crippen MR) is 270 cm³/mol. The molecule has 17 heteroatoms. The summed E-state index contributed by atoms with van der Waals surface area (Å²) in [5.74, 6) is 0. The third-order valence-corrected chi connectivity index (χ3v) is 15.0. The highest BCUT2D eigenvalue weighted by Gasteiger charge is 2.19. The van der Waals surface area contributed by atoms with Crippen molar-refractivity contribution >= 4 is 107 Å². The van der Waals surface area contributed by atoms with Crippen LogP contribution in [-0.4, -0.2) is 52.9 Å². The number of rotatable bonds is 11. The van der Waals surface area contributed by atoms with E-state index in [9.17, 15) is 25.3 Å². The highest BCUT2D eigenvalue weighted by Crippen LogP contribution is 2.30. The van der Waals surface area contributed by atoms with Gasteiger partial charge in [0.15, 0.2) is 0 Å². The van der Waals surface area contributed by atoms with Crippen LogP contribution in [0.5, 0.6) is 0 Å². The molecule has 0 spiro atoms. The van der Waals surface area contributed by atoms with Crippen LogP contribution in [0.4, 0.5) is 11.4 Å². The Labute approximate surface area is 392 Å². The summed E-state index contributed by atoms with van der Waals surface area (Å²) in [6.45, 7) is 1.08. The number of fused-ring (bicyclic) bond motifs is 5. The quantitative estimate of drug-likeness (QED) is 0.0611. The average Bonchev–Trinajstić information content (AvgIpc) is 3.91. The van der Waals surface area contributed by atoms with Crippen LogP contribution in [0.1, 0.15) is 11.1 Å². The van der Waals surface area contributed by atoms with E-state index >= 15 is 0 Å². The molecule has 13 nitrogen and oxygen atoms in total. The Morgan fingerprint density at radius 3 is 1.63 bits per heavy atom. The maximum absolute atomic E-state index is 13.0. The first-order chi connectivity index (χ1) is 32.1. The minimum Gasteiger partial charge on any atom is -0.361 e. The summed E-state index contributed by atoms with van der Waals surface area (Å²) in [6, 6.07) is 45.9. The van der Waals surface area contributed by atoms with Gasteiger partial charge in [0, 0.05) is 61.4 Å². The molecule has 10 aromatic rings. The molecule has 2 heterocycles. The number of nitrogens with two attached hydrogens (primary N) is 2. The van der Waals surface area contributed by atoms with Crippen LogP contribution < -0.4 is 20.9 Å². The van der Waals surface area contributed by atoms with Crippen molar-refractivity contribution in [2.75, 3.05) is 22.5 Å². The molecule has 0 radical (unpaired) electrons. The van der Waals surface area contributed by atoms with Gasteiger partial charge < -0.3 is 21.4 Å². The summed E-state index contributed by atoms with van der Waals surface area (Å²) in [7, 11) is -11.5. The summed E-state index contributed by atoms with van der Waals surface area (Å²) in [5, 5.41) is 7.44. The van der Waals surface area contributed by atoms with Crippen molar-refractivity contribution in [1.29, 1.82) is 0 Å². The average molecular weight is 974 g/mol. The Balaban J connectivity index is 0.000000142. The lowest BCUT2D eigenvalue weighted by Crippen LogP contribution is -2.13. The first-order valence-electron chi connectivity index (χ1n) is 20.9. The van der Waals surface area contributed by atoms with Crippen LogP contribution in [0.25, 0.3) is 54.1 Å². The molecule has 0 aliphatic carbocycles. The minimum atomic E-state index is -4.15. The first-order valence-corrected chi connectivity index (χ1v) is 25.7. The number of halogens is 1. The molecule has 0 bridgehead atoms. The summed E-state index contributed by atoms with van der Waals surface area (Å²) in [6.07, 6.45) is 5.31. The highest BCUT2D eigenvalue weighted by molar-refractivity contribution is 7.93. The number of aromatic nitrogens is 2. The molecule has 0 aliphatic heterocycles. The molecular weight excluding hydrogens is 928 g/mol. The molecule has 342 valence electrons. The van der Waals surface area contributed by atoms with Gasteiger partial charge in [0.2, 0.25) is 0 Å². The Kier molecular flexibility index (Phi) is 13.7. The van der Waals surface area contributed by atoms with Crippen molar-refractivity contribution in [3.8, 4) is 0 Å². The molecule has 9 N–H and O–H groups in total. The third-order valence-electron chi connectivity index (χ3n) is 11.0. The second-order valence-corrected chi connectivity index (χ2v) is 20.7. The number of hydrogen-bond donors (Lipinski definition) is 7. The molecule has 0 saturated heterocycles. The van der Waals surface area contributed by atoms with Crippen molar-refractivity contribution in [1.82, 2.24) is 9.97 Å². The minimum absolute atomic E-state index is 0.128. The largest absolute Gasteiger partial charge is 0.361 e.